The molecule has 1 saturated carbocycles. The van der Waals surface area contributed by atoms with E-state index in [-0.39, 0.29) is 5.97 Å². The van der Waals surface area contributed by atoms with E-state index in [4.69, 9.17) is 15.2 Å². The summed E-state index contributed by atoms with van der Waals surface area (Å²) >= 11 is 1.75. The van der Waals surface area contributed by atoms with Crippen molar-refractivity contribution in [3.63, 3.8) is 0 Å². The maximum absolute atomic E-state index is 11.9. The number of piperazine rings is 1. The number of hydrogen-bond acceptors (Lipinski definition) is 10. The first-order chi connectivity index (χ1) is 19.5. The predicted octanol–water partition coefficient (Wildman–Crippen LogP) is 4.21. The Hall–Kier alpha value is -3.08. The topological polar surface area (TPSA) is 110 Å². The summed E-state index contributed by atoms with van der Waals surface area (Å²) < 4.78 is 9.86. The van der Waals surface area contributed by atoms with Crippen LogP contribution in [0.1, 0.15) is 65.3 Å². The van der Waals surface area contributed by atoms with Crippen LogP contribution in [0.15, 0.2) is 47.6 Å². The second kappa shape index (κ2) is 16.9. The lowest BCUT2D eigenvalue weighted by Gasteiger charge is -2.42. The molecule has 0 unspecified atom stereocenters. The monoisotopic (exact) mass is 569 g/mol. The standard InChI is InChI=1S/C23H36N4O2S.C7H7NO2/c1-3-29-23(28)19-11-9-18(10-12-19)21(24)22(30-17-25-2)27-15-13-26(14-16-27)20-7-5-4-6-8-20;1-10-7-4-6(5-9)2-3-8-7/h9-12,20,25H,3-8,13-17,24H2,1-2H3;2-5H,1H3/b22-21-;. The van der Waals surface area contributed by atoms with Gasteiger partial charge in [0, 0.05) is 61.5 Å². The van der Waals surface area contributed by atoms with Crippen molar-refractivity contribution in [2.45, 2.75) is 45.1 Å². The van der Waals surface area contributed by atoms with E-state index in [1.165, 1.54) is 45.4 Å². The van der Waals surface area contributed by atoms with Crippen molar-refractivity contribution in [2.75, 3.05) is 52.8 Å². The molecule has 0 bridgehead atoms. The van der Waals surface area contributed by atoms with Crippen LogP contribution in [-0.4, -0.2) is 85.9 Å². The second-order valence-corrected chi connectivity index (χ2v) is 10.7. The number of nitrogens with two attached hydrogens (primary N) is 1. The van der Waals surface area contributed by atoms with Crippen molar-refractivity contribution in [3.8, 4) is 5.88 Å². The van der Waals surface area contributed by atoms with Crippen LogP contribution in [0.4, 0.5) is 0 Å². The van der Waals surface area contributed by atoms with Gasteiger partial charge in [0.25, 0.3) is 0 Å². The number of thioether (sulfide) groups is 1. The molecule has 0 radical (unpaired) electrons. The number of nitrogens with zero attached hydrogens (tertiary/aromatic N) is 3. The molecule has 2 aromatic rings. The largest absolute Gasteiger partial charge is 0.481 e. The molecule has 218 valence electrons. The number of benzene rings is 1. The Labute approximate surface area is 242 Å². The maximum Gasteiger partial charge on any atom is 0.338 e. The first-order valence-electron chi connectivity index (χ1n) is 14.0. The molecular formula is C30H43N5O4S. The highest BCUT2D eigenvalue weighted by Crippen LogP contribution is 2.30. The summed E-state index contributed by atoms with van der Waals surface area (Å²) in [5.74, 6) is 0.972. The Balaban J connectivity index is 0.000000371. The normalized spacial score (nSPS) is 16.8. The number of carbonyl (C=O) groups excluding carboxylic acids is 2. The zero-order valence-corrected chi connectivity index (χ0v) is 24.8. The molecular weight excluding hydrogens is 526 g/mol. The molecule has 2 heterocycles. The Morgan fingerprint density at radius 1 is 1.10 bits per heavy atom. The lowest BCUT2D eigenvalue weighted by Crippen LogP contribution is -2.50. The van der Waals surface area contributed by atoms with Crippen LogP contribution >= 0.6 is 11.8 Å². The van der Waals surface area contributed by atoms with E-state index >= 15 is 0 Å². The minimum Gasteiger partial charge on any atom is -0.481 e. The average Bonchev–Trinajstić information content (AvgIpc) is 3.02. The highest BCUT2D eigenvalue weighted by molar-refractivity contribution is 8.03. The predicted molar refractivity (Wildman–Crippen MR) is 161 cm³/mol. The van der Waals surface area contributed by atoms with Crippen molar-refractivity contribution in [3.05, 3.63) is 64.3 Å². The first kappa shape index (κ1) is 31.4. The van der Waals surface area contributed by atoms with Crippen LogP contribution in [0.25, 0.3) is 5.70 Å². The average molecular weight is 570 g/mol. The summed E-state index contributed by atoms with van der Waals surface area (Å²) in [7, 11) is 3.47. The van der Waals surface area contributed by atoms with Gasteiger partial charge in [-0.05, 0) is 45.0 Å². The van der Waals surface area contributed by atoms with Gasteiger partial charge in [0.05, 0.1) is 30.0 Å². The lowest BCUT2D eigenvalue weighted by molar-refractivity contribution is 0.0526. The van der Waals surface area contributed by atoms with Gasteiger partial charge in [0.2, 0.25) is 5.88 Å². The van der Waals surface area contributed by atoms with Crippen LogP contribution in [0, 0.1) is 0 Å². The quantitative estimate of drug-likeness (QED) is 0.245. The van der Waals surface area contributed by atoms with Crippen molar-refractivity contribution in [1.29, 1.82) is 0 Å². The smallest absolute Gasteiger partial charge is 0.338 e. The van der Waals surface area contributed by atoms with Crippen LogP contribution in [-0.2, 0) is 4.74 Å². The van der Waals surface area contributed by atoms with E-state index in [0.29, 0.717) is 23.6 Å². The minimum atomic E-state index is -0.296. The number of rotatable bonds is 10. The third-order valence-electron chi connectivity index (χ3n) is 7.09. The Kier molecular flexibility index (Phi) is 13.3. The zero-order valence-electron chi connectivity index (χ0n) is 23.9. The molecule has 10 heteroatoms. The minimum absolute atomic E-state index is 0.296. The van der Waals surface area contributed by atoms with Crippen LogP contribution < -0.4 is 15.8 Å². The second-order valence-electron chi connectivity index (χ2n) is 9.72. The first-order valence-corrected chi connectivity index (χ1v) is 15.0. The molecule has 0 spiro atoms. The molecule has 4 rings (SSSR count). The van der Waals surface area contributed by atoms with Gasteiger partial charge < -0.3 is 25.4 Å². The zero-order chi connectivity index (χ0) is 28.7. The van der Waals surface area contributed by atoms with E-state index < -0.39 is 0 Å². The molecule has 1 aromatic carbocycles. The fraction of sp³-hybridized carbons (Fsp3) is 0.500. The third-order valence-corrected chi connectivity index (χ3v) is 8.27. The fourth-order valence-electron chi connectivity index (χ4n) is 4.95. The molecule has 1 aromatic heterocycles. The molecule has 1 aliphatic carbocycles. The number of ether oxygens (including phenoxy) is 2. The lowest BCUT2D eigenvalue weighted by atomic mass is 9.94. The number of nitrogens with one attached hydrogen (secondary N) is 1. The Bertz CT molecular complexity index is 1100. The van der Waals surface area contributed by atoms with E-state index in [1.807, 2.05) is 26.1 Å². The molecule has 0 amide bonds. The van der Waals surface area contributed by atoms with Crippen molar-refractivity contribution in [1.82, 2.24) is 20.1 Å². The molecule has 2 fully saturated rings. The van der Waals surface area contributed by atoms with Crippen LogP contribution in [0.5, 0.6) is 5.88 Å². The van der Waals surface area contributed by atoms with Crippen LogP contribution in [0.3, 0.4) is 0 Å². The van der Waals surface area contributed by atoms with Gasteiger partial charge in [-0.15, -0.1) is 0 Å². The molecule has 3 N–H and O–H groups in total. The van der Waals surface area contributed by atoms with Gasteiger partial charge in [-0.25, -0.2) is 9.78 Å². The Morgan fingerprint density at radius 2 is 1.77 bits per heavy atom. The molecule has 1 aliphatic heterocycles. The fourth-order valence-corrected chi connectivity index (χ4v) is 5.87. The maximum atomic E-state index is 11.9. The molecule has 0 atom stereocenters. The number of esters is 1. The summed E-state index contributed by atoms with van der Waals surface area (Å²) in [6, 6.07) is 11.4. The van der Waals surface area contributed by atoms with Crippen LogP contribution in [0.2, 0.25) is 0 Å². The van der Waals surface area contributed by atoms with E-state index in [9.17, 15) is 9.59 Å². The van der Waals surface area contributed by atoms with Gasteiger partial charge >= 0.3 is 5.97 Å². The van der Waals surface area contributed by atoms with Crippen molar-refractivity contribution in [2.24, 2.45) is 5.73 Å². The van der Waals surface area contributed by atoms with Gasteiger partial charge in [0.1, 0.15) is 6.29 Å². The third kappa shape index (κ3) is 9.25. The summed E-state index contributed by atoms with van der Waals surface area (Å²) in [5.41, 5.74) is 9.48. The van der Waals surface area contributed by atoms with Crippen molar-refractivity contribution >= 4 is 29.7 Å². The SMILES string of the molecule is CCOC(=O)c1ccc(/C(N)=C(/SCNC)N2CCN(C3CCCCC3)CC2)cc1.COc1cc(C=O)ccn1. The van der Waals surface area contributed by atoms with Gasteiger partial charge in [0.15, 0.2) is 0 Å². The molecule has 9 nitrogen and oxygen atoms in total. The van der Waals surface area contributed by atoms with E-state index in [2.05, 4.69) is 20.1 Å². The number of pyridine rings is 1. The van der Waals surface area contributed by atoms with Gasteiger partial charge in [-0.1, -0.05) is 43.2 Å². The summed E-state index contributed by atoms with van der Waals surface area (Å²) in [6.45, 7) is 6.40. The molecule has 2 aliphatic rings. The number of aldehydes is 1. The van der Waals surface area contributed by atoms with Crippen molar-refractivity contribution < 1.29 is 19.1 Å². The number of hydrogen-bond donors (Lipinski definition) is 2. The highest BCUT2D eigenvalue weighted by Gasteiger charge is 2.27. The summed E-state index contributed by atoms with van der Waals surface area (Å²) in [4.78, 5) is 31.0. The summed E-state index contributed by atoms with van der Waals surface area (Å²) in [5, 5.41) is 4.34. The number of methoxy groups -OCH3 is 1. The van der Waals surface area contributed by atoms with Gasteiger partial charge in [-0.3, -0.25) is 9.69 Å². The van der Waals surface area contributed by atoms with E-state index in [1.54, 1.807) is 36.0 Å². The Morgan fingerprint density at radius 3 is 2.38 bits per heavy atom. The summed E-state index contributed by atoms with van der Waals surface area (Å²) in [6.07, 6.45) is 9.15. The number of aromatic nitrogens is 1. The highest BCUT2D eigenvalue weighted by atomic mass is 32.2. The molecule has 1 saturated heterocycles. The molecule has 40 heavy (non-hydrogen) atoms. The van der Waals surface area contributed by atoms with Gasteiger partial charge in [-0.2, -0.15) is 0 Å². The number of carbonyl (C=O) groups is 2. The van der Waals surface area contributed by atoms with E-state index in [0.717, 1.165) is 60.7 Å².